The number of carbonyl (C=O) groups excluding carboxylic acids is 1. The van der Waals surface area contributed by atoms with Gasteiger partial charge in [0.15, 0.2) is 5.84 Å². The second-order valence-electron chi connectivity index (χ2n) is 4.14. The topological polar surface area (TPSA) is 87.7 Å². The molecule has 21 heavy (non-hydrogen) atoms. The Bertz CT molecular complexity index is 702. The van der Waals surface area contributed by atoms with Gasteiger partial charge in [-0.3, -0.25) is 4.79 Å². The molecule has 0 aromatic heterocycles. The number of amides is 1. The molecule has 0 fully saturated rings. The summed E-state index contributed by atoms with van der Waals surface area (Å²) < 4.78 is 14.9. The first-order valence-electron chi connectivity index (χ1n) is 5.85. The fourth-order valence-electron chi connectivity index (χ4n) is 1.63. The Morgan fingerprint density at radius 1 is 1.19 bits per heavy atom. The van der Waals surface area contributed by atoms with Crippen LogP contribution in [-0.2, 0) is 0 Å². The minimum absolute atomic E-state index is 0.0213. The van der Waals surface area contributed by atoms with Crippen LogP contribution in [0.4, 0.5) is 10.1 Å². The first-order valence-corrected chi connectivity index (χ1v) is 6.93. The molecule has 2 aromatic carbocycles. The van der Waals surface area contributed by atoms with Crippen LogP contribution in [0.3, 0.4) is 0 Å². The summed E-state index contributed by atoms with van der Waals surface area (Å²) in [5.41, 5.74) is 6.04. The minimum Gasteiger partial charge on any atom is -0.409 e. The normalized spacial score (nSPS) is 11.2. The van der Waals surface area contributed by atoms with E-state index in [9.17, 15) is 9.18 Å². The summed E-state index contributed by atoms with van der Waals surface area (Å²) in [5.74, 6) is -1.29. The molecule has 4 N–H and O–H groups in total. The maximum atomic E-state index is 13.9. The molecule has 0 aliphatic heterocycles. The van der Waals surface area contributed by atoms with Crippen molar-refractivity contribution in [2.75, 3.05) is 5.32 Å². The van der Waals surface area contributed by atoms with E-state index in [-0.39, 0.29) is 17.1 Å². The van der Waals surface area contributed by atoms with Gasteiger partial charge in [0.1, 0.15) is 5.82 Å². The molecular formula is C14H11FIN3O2. The zero-order valence-electron chi connectivity index (χ0n) is 10.7. The second-order valence-corrected chi connectivity index (χ2v) is 5.39. The van der Waals surface area contributed by atoms with E-state index >= 15 is 0 Å². The summed E-state index contributed by atoms with van der Waals surface area (Å²) in [7, 11) is 0. The molecule has 2 rings (SSSR count). The number of nitrogens with two attached hydrogens (primary N) is 1. The molecule has 0 heterocycles. The molecular weight excluding hydrogens is 388 g/mol. The van der Waals surface area contributed by atoms with Crippen molar-refractivity contribution in [2.24, 2.45) is 10.9 Å². The highest BCUT2D eigenvalue weighted by Crippen LogP contribution is 2.17. The van der Waals surface area contributed by atoms with Gasteiger partial charge in [-0.05, 0) is 65.1 Å². The van der Waals surface area contributed by atoms with Crippen molar-refractivity contribution in [3.05, 3.63) is 63.0 Å². The third kappa shape index (κ3) is 3.69. The molecule has 108 valence electrons. The van der Waals surface area contributed by atoms with Gasteiger partial charge in [0.05, 0.1) is 5.69 Å². The lowest BCUT2D eigenvalue weighted by Gasteiger charge is -2.08. The number of anilines is 1. The van der Waals surface area contributed by atoms with E-state index in [0.717, 1.165) is 9.64 Å². The number of carbonyl (C=O) groups is 1. The monoisotopic (exact) mass is 399 g/mol. The molecule has 0 saturated heterocycles. The highest BCUT2D eigenvalue weighted by molar-refractivity contribution is 14.1. The molecule has 2 aromatic rings. The standard InChI is InChI=1S/C14H11FIN3O2/c15-11-7-9(13(17)19-21)3-6-12(11)18-14(20)8-1-4-10(16)5-2-8/h1-7,21H,(H2,17,19)(H,18,20). The van der Waals surface area contributed by atoms with Gasteiger partial charge in [-0.1, -0.05) is 5.16 Å². The fraction of sp³-hybridized carbons (Fsp3) is 0. The van der Waals surface area contributed by atoms with E-state index in [1.165, 1.54) is 12.1 Å². The lowest BCUT2D eigenvalue weighted by molar-refractivity contribution is 0.102. The number of halogens is 2. The van der Waals surface area contributed by atoms with Crippen LogP contribution in [0.5, 0.6) is 0 Å². The molecule has 0 aliphatic rings. The summed E-state index contributed by atoms with van der Waals surface area (Å²) in [6, 6.07) is 10.8. The van der Waals surface area contributed by atoms with Crippen LogP contribution in [0.25, 0.3) is 0 Å². The van der Waals surface area contributed by atoms with Gasteiger partial charge in [0.25, 0.3) is 5.91 Å². The van der Waals surface area contributed by atoms with Gasteiger partial charge >= 0.3 is 0 Å². The Hall–Kier alpha value is -2.16. The van der Waals surface area contributed by atoms with E-state index in [4.69, 9.17) is 10.9 Å². The molecule has 5 nitrogen and oxygen atoms in total. The molecule has 0 atom stereocenters. The van der Waals surface area contributed by atoms with Gasteiger partial charge in [0, 0.05) is 14.7 Å². The molecule has 1 amide bonds. The van der Waals surface area contributed by atoms with Gasteiger partial charge < -0.3 is 16.3 Å². The number of rotatable bonds is 3. The Labute approximate surface area is 133 Å². The molecule has 0 radical (unpaired) electrons. The Kier molecular flexibility index (Phi) is 4.73. The van der Waals surface area contributed by atoms with Crippen molar-refractivity contribution >= 4 is 40.0 Å². The van der Waals surface area contributed by atoms with Gasteiger partial charge in [0.2, 0.25) is 0 Å². The van der Waals surface area contributed by atoms with Crippen molar-refractivity contribution < 1.29 is 14.4 Å². The molecule has 7 heteroatoms. The van der Waals surface area contributed by atoms with Crippen LogP contribution < -0.4 is 11.1 Å². The van der Waals surface area contributed by atoms with Crippen LogP contribution in [0.2, 0.25) is 0 Å². The minimum atomic E-state index is -0.669. The number of hydrogen-bond donors (Lipinski definition) is 3. The number of nitrogens with one attached hydrogen (secondary N) is 1. The second kappa shape index (κ2) is 6.53. The molecule has 0 bridgehead atoms. The van der Waals surface area contributed by atoms with Crippen molar-refractivity contribution in [3.63, 3.8) is 0 Å². The third-order valence-corrected chi connectivity index (χ3v) is 3.45. The summed E-state index contributed by atoms with van der Waals surface area (Å²) >= 11 is 2.13. The van der Waals surface area contributed by atoms with Crippen LogP contribution in [0, 0.1) is 9.39 Å². The predicted molar refractivity (Wildman–Crippen MR) is 86.0 cm³/mol. The van der Waals surface area contributed by atoms with E-state index in [1.807, 2.05) is 0 Å². The molecule has 0 unspecified atom stereocenters. The van der Waals surface area contributed by atoms with Crippen LogP contribution in [0.1, 0.15) is 15.9 Å². The Balaban J connectivity index is 2.20. The van der Waals surface area contributed by atoms with Gasteiger partial charge in [-0.15, -0.1) is 0 Å². The van der Waals surface area contributed by atoms with E-state index < -0.39 is 11.7 Å². The largest absolute Gasteiger partial charge is 0.409 e. The van der Waals surface area contributed by atoms with Crippen molar-refractivity contribution in [1.29, 1.82) is 0 Å². The van der Waals surface area contributed by atoms with Crippen molar-refractivity contribution in [2.45, 2.75) is 0 Å². The van der Waals surface area contributed by atoms with Crippen LogP contribution in [-0.4, -0.2) is 17.0 Å². The maximum Gasteiger partial charge on any atom is 0.255 e. The van der Waals surface area contributed by atoms with Gasteiger partial charge in [-0.2, -0.15) is 0 Å². The Morgan fingerprint density at radius 3 is 2.38 bits per heavy atom. The summed E-state index contributed by atoms with van der Waals surface area (Å²) in [6.45, 7) is 0. The summed E-state index contributed by atoms with van der Waals surface area (Å²) in [5, 5.41) is 13.8. The SMILES string of the molecule is N/C(=N/O)c1ccc(NC(=O)c2ccc(I)cc2)c(F)c1. The maximum absolute atomic E-state index is 13.9. The highest BCUT2D eigenvalue weighted by Gasteiger charge is 2.11. The van der Waals surface area contributed by atoms with Crippen molar-refractivity contribution in [1.82, 2.24) is 0 Å². The first-order chi connectivity index (χ1) is 10.0. The molecule has 0 aliphatic carbocycles. The van der Waals surface area contributed by atoms with E-state index in [1.54, 1.807) is 24.3 Å². The number of amidine groups is 1. The molecule has 0 saturated carbocycles. The fourth-order valence-corrected chi connectivity index (χ4v) is 1.99. The number of nitrogens with zero attached hydrogens (tertiary/aromatic N) is 1. The Morgan fingerprint density at radius 2 is 1.81 bits per heavy atom. The zero-order chi connectivity index (χ0) is 15.4. The smallest absolute Gasteiger partial charge is 0.255 e. The summed E-state index contributed by atoms with van der Waals surface area (Å²) in [4.78, 5) is 12.0. The lowest BCUT2D eigenvalue weighted by Crippen LogP contribution is -2.15. The quantitative estimate of drug-likeness (QED) is 0.244. The lowest BCUT2D eigenvalue weighted by atomic mass is 10.1. The summed E-state index contributed by atoms with van der Waals surface area (Å²) in [6.07, 6.45) is 0. The number of oxime groups is 1. The van der Waals surface area contributed by atoms with Gasteiger partial charge in [-0.25, -0.2) is 4.39 Å². The predicted octanol–water partition coefficient (Wildman–Crippen LogP) is 2.78. The first kappa shape index (κ1) is 15.2. The average Bonchev–Trinajstić information content (AvgIpc) is 2.49. The average molecular weight is 399 g/mol. The van der Waals surface area contributed by atoms with Crippen molar-refractivity contribution in [3.8, 4) is 0 Å². The highest BCUT2D eigenvalue weighted by atomic mass is 127. The third-order valence-electron chi connectivity index (χ3n) is 2.73. The number of hydrogen-bond acceptors (Lipinski definition) is 3. The zero-order valence-corrected chi connectivity index (χ0v) is 12.8. The van der Waals surface area contributed by atoms with Crippen LogP contribution in [0.15, 0.2) is 47.6 Å². The van der Waals surface area contributed by atoms with Crippen LogP contribution >= 0.6 is 22.6 Å². The van der Waals surface area contributed by atoms with E-state index in [0.29, 0.717) is 5.56 Å². The number of benzene rings is 2. The van der Waals surface area contributed by atoms with E-state index in [2.05, 4.69) is 33.1 Å². The molecule has 0 spiro atoms.